The summed E-state index contributed by atoms with van der Waals surface area (Å²) < 4.78 is 44.6. The Hall–Kier alpha value is -4.57. The molecule has 0 aliphatic carbocycles. The maximum atomic E-state index is 13.4. The molecule has 0 radical (unpaired) electrons. The molecular weight excluding hydrogens is 496 g/mol. The van der Waals surface area contributed by atoms with Crippen molar-refractivity contribution in [3.8, 4) is 51.6 Å². The molecule has 0 bridgehead atoms. The second-order valence-corrected chi connectivity index (χ2v) is 7.93. The van der Waals surface area contributed by atoms with Gasteiger partial charge in [-0.3, -0.25) is 4.79 Å². The van der Waals surface area contributed by atoms with Crippen LogP contribution in [0, 0.1) is 0 Å². The summed E-state index contributed by atoms with van der Waals surface area (Å²) in [6, 6.07) is 14.6. The van der Waals surface area contributed by atoms with Gasteiger partial charge < -0.3 is 42.7 Å². The molecule has 0 fully saturated rings. The first-order chi connectivity index (χ1) is 18.5. The fourth-order valence-electron chi connectivity index (χ4n) is 3.99. The molecule has 0 amide bonds. The molecular formula is C28H28O10. The van der Waals surface area contributed by atoms with Gasteiger partial charge in [0, 0.05) is 12.7 Å². The van der Waals surface area contributed by atoms with Crippen molar-refractivity contribution in [2.24, 2.45) is 0 Å². The Labute approximate surface area is 218 Å². The van der Waals surface area contributed by atoms with Gasteiger partial charge in [-0.25, -0.2) is 0 Å². The number of rotatable bonds is 11. The van der Waals surface area contributed by atoms with Crippen molar-refractivity contribution >= 4 is 11.0 Å². The highest BCUT2D eigenvalue weighted by atomic mass is 16.7. The molecule has 1 N–H and O–H groups in total. The van der Waals surface area contributed by atoms with Crippen molar-refractivity contribution in [3.05, 3.63) is 64.3 Å². The lowest BCUT2D eigenvalue weighted by molar-refractivity contribution is 0.0470. The van der Waals surface area contributed by atoms with Crippen LogP contribution in [0.15, 0.2) is 57.7 Å². The molecule has 1 heterocycles. The largest absolute Gasteiger partial charge is 0.502 e. The fourth-order valence-corrected chi connectivity index (χ4v) is 3.99. The maximum Gasteiger partial charge on any atom is 0.239 e. The lowest BCUT2D eigenvalue weighted by atomic mass is 10.1. The van der Waals surface area contributed by atoms with Crippen LogP contribution < -0.4 is 33.8 Å². The van der Waals surface area contributed by atoms with E-state index in [1.54, 1.807) is 18.2 Å². The number of aromatic hydroxyl groups is 1. The van der Waals surface area contributed by atoms with Gasteiger partial charge in [0.2, 0.25) is 28.4 Å². The van der Waals surface area contributed by atoms with Crippen LogP contribution in [0.1, 0.15) is 5.56 Å². The van der Waals surface area contributed by atoms with Gasteiger partial charge in [-0.1, -0.05) is 30.3 Å². The van der Waals surface area contributed by atoms with E-state index in [4.69, 9.17) is 37.6 Å². The summed E-state index contributed by atoms with van der Waals surface area (Å²) in [4.78, 5) is 13.4. The third-order valence-electron chi connectivity index (χ3n) is 5.74. The Kier molecular flexibility index (Phi) is 8.12. The minimum absolute atomic E-state index is 0.00691. The molecule has 4 rings (SSSR count). The van der Waals surface area contributed by atoms with Crippen molar-refractivity contribution in [2.75, 3.05) is 42.3 Å². The van der Waals surface area contributed by atoms with Crippen LogP contribution in [0.4, 0.5) is 0 Å². The molecule has 10 heteroatoms. The summed E-state index contributed by atoms with van der Waals surface area (Å²) in [5.41, 5.74) is 0.586. The van der Waals surface area contributed by atoms with Gasteiger partial charge in [-0.05, 0) is 23.8 Å². The predicted molar refractivity (Wildman–Crippen MR) is 139 cm³/mol. The average Bonchev–Trinajstić information content (AvgIpc) is 2.96. The van der Waals surface area contributed by atoms with Gasteiger partial charge in [-0.15, -0.1) is 0 Å². The second-order valence-electron chi connectivity index (χ2n) is 7.93. The van der Waals surface area contributed by atoms with E-state index in [1.165, 1.54) is 35.5 Å². The highest BCUT2D eigenvalue weighted by molar-refractivity contribution is 5.96. The zero-order chi connectivity index (χ0) is 27.2. The summed E-state index contributed by atoms with van der Waals surface area (Å²) in [5.74, 6) is 0.354. The molecule has 1 aromatic heterocycles. The van der Waals surface area contributed by atoms with Crippen LogP contribution in [0.25, 0.3) is 22.3 Å². The minimum atomic E-state index is -0.760. The lowest BCUT2D eigenvalue weighted by Gasteiger charge is -2.19. The normalized spacial score (nSPS) is 10.8. The first-order valence-corrected chi connectivity index (χ1v) is 11.5. The van der Waals surface area contributed by atoms with Crippen LogP contribution in [0.5, 0.6) is 40.2 Å². The second kappa shape index (κ2) is 11.7. The third kappa shape index (κ3) is 4.85. The summed E-state index contributed by atoms with van der Waals surface area (Å²) in [7, 11) is 7.07. The van der Waals surface area contributed by atoms with E-state index in [9.17, 15) is 9.90 Å². The van der Waals surface area contributed by atoms with Crippen LogP contribution in [0.3, 0.4) is 0 Å². The Morgan fingerprint density at radius 1 is 0.763 bits per heavy atom. The first-order valence-electron chi connectivity index (χ1n) is 11.5. The van der Waals surface area contributed by atoms with E-state index in [0.717, 1.165) is 5.56 Å². The van der Waals surface area contributed by atoms with Gasteiger partial charge in [0.05, 0.1) is 28.4 Å². The topological polar surface area (TPSA) is 115 Å². The Balaban J connectivity index is 1.86. The van der Waals surface area contributed by atoms with E-state index in [2.05, 4.69) is 0 Å². The SMILES string of the molecule is COCOc1c(OC)c(OC)c2oc(-c3ccc(OCc4ccccc4)c(OC)c3)c(O)c(=O)c2c1OC. The van der Waals surface area contributed by atoms with Gasteiger partial charge in [-0.2, -0.15) is 0 Å². The van der Waals surface area contributed by atoms with Crippen LogP contribution in [-0.2, 0) is 11.3 Å². The van der Waals surface area contributed by atoms with Gasteiger partial charge in [0.1, 0.15) is 12.0 Å². The summed E-state index contributed by atoms with van der Waals surface area (Å²) >= 11 is 0. The van der Waals surface area contributed by atoms with Crippen molar-refractivity contribution < 1.29 is 42.7 Å². The van der Waals surface area contributed by atoms with E-state index >= 15 is 0 Å². The van der Waals surface area contributed by atoms with Crippen LogP contribution in [0.2, 0.25) is 0 Å². The van der Waals surface area contributed by atoms with E-state index in [0.29, 0.717) is 23.7 Å². The molecule has 0 saturated heterocycles. The number of hydrogen-bond donors (Lipinski definition) is 1. The molecule has 3 aromatic carbocycles. The van der Waals surface area contributed by atoms with E-state index in [1.807, 2.05) is 30.3 Å². The van der Waals surface area contributed by atoms with Gasteiger partial charge >= 0.3 is 0 Å². The van der Waals surface area contributed by atoms with Crippen molar-refractivity contribution in [1.29, 1.82) is 0 Å². The zero-order valence-corrected chi connectivity index (χ0v) is 21.7. The number of hydrogen-bond acceptors (Lipinski definition) is 10. The molecule has 0 aliphatic heterocycles. The van der Waals surface area contributed by atoms with Crippen LogP contribution >= 0.6 is 0 Å². The maximum absolute atomic E-state index is 13.4. The number of ether oxygens (including phenoxy) is 7. The van der Waals surface area contributed by atoms with Crippen molar-refractivity contribution in [2.45, 2.75) is 6.61 Å². The Bertz CT molecular complexity index is 1480. The van der Waals surface area contributed by atoms with E-state index < -0.39 is 11.2 Å². The highest BCUT2D eigenvalue weighted by Crippen LogP contribution is 2.51. The molecule has 10 nitrogen and oxygen atoms in total. The molecule has 0 spiro atoms. The quantitative estimate of drug-likeness (QED) is 0.275. The smallest absolute Gasteiger partial charge is 0.239 e. The summed E-state index contributed by atoms with van der Waals surface area (Å²) in [6.45, 7) is 0.173. The monoisotopic (exact) mass is 524 g/mol. The molecule has 200 valence electrons. The molecule has 0 aliphatic rings. The van der Waals surface area contributed by atoms with Crippen molar-refractivity contribution in [3.63, 3.8) is 0 Å². The predicted octanol–water partition coefficient (Wildman–Crippen LogP) is 4.76. The third-order valence-corrected chi connectivity index (χ3v) is 5.74. The first kappa shape index (κ1) is 26.5. The Morgan fingerprint density at radius 3 is 2.11 bits per heavy atom. The number of benzene rings is 3. The molecule has 0 saturated carbocycles. The molecule has 38 heavy (non-hydrogen) atoms. The number of fused-ring (bicyclic) bond motifs is 1. The minimum Gasteiger partial charge on any atom is -0.502 e. The molecule has 0 unspecified atom stereocenters. The Morgan fingerprint density at radius 2 is 1.47 bits per heavy atom. The average molecular weight is 525 g/mol. The zero-order valence-electron chi connectivity index (χ0n) is 21.7. The highest BCUT2D eigenvalue weighted by Gasteiger charge is 2.30. The molecule has 0 atom stereocenters. The van der Waals surface area contributed by atoms with Gasteiger partial charge in [0.25, 0.3) is 0 Å². The summed E-state index contributed by atoms with van der Waals surface area (Å²) in [6.07, 6.45) is 0. The lowest BCUT2D eigenvalue weighted by Crippen LogP contribution is -2.10. The standard InChI is InChI=1S/C28H28O10/c1-31-15-37-28-24(33-3)20-21(29)22(30)23(38-25(20)26(34-4)27(28)35-5)17-11-12-18(19(13-17)32-2)36-14-16-9-7-6-8-10-16/h6-13,30H,14-15H2,1-5H3. The molecule has 4 aromatic rings. The van der Waals surface area contributed by atoms with Gasteiger partial charge in [0.15, 0.2) is 35.4 Å². The van der Waals surface area contributed by atoms with Crippen molar-refractivity contribution in [1.82, 2.24) is 0 Å². The summed E-state index contributed by atoms with van der Waals surface area (Å²) in [5, 5.41) is 10.8. The van der Waals surface area contributed by atoms with E-state index in [-0.39, 0.29) is 46.5 Å². The van der Waals surface area contributed by atoms with Crippen LogP contribution in [-0.4, -0.2) is 47.4 Å². The fraction of sp³-hybridized carbons (Fsp3) is 0.250. The number of methoxy groups -OCH3 is 5.